The van der Waals surface area contributed by atoms with E-state index in [0.29, 0.717) is 36.0 Å². The number of phenols is 2. The second kappa shape index (κ2) is 8.99. The highest BCUT2D eigenvalue weighted by Crippen LogP contribution is 2.38. The van der Waals surface area contributed by atoms with Crippen LogP contribution in [-0.4, -0.2) is 22.0 Å². The first kappa shape index (κ1) is 22.0. The molecule has 0 radical (unpaired) electrons. The number of nitrogen functional groups attached to an aromatic ring is 2. The lowest BCUT2D eigenvalue weighted by Gasteiger charge is -2.08. The molecule has 0 fully saturated rings. The van der Waals surface area contributed by atoms with E-state index in [-0.39, 0.29) is 46.2 Å². The number of ketones is 1. The van der Waals surface area contributed by atoms with Crippen LogP contribution in [0.1, 0.15) is 61.2 Å². The van der Waals surface area contributed by atoms with Crippen LogP contribution in [0.3, 0.4) is 0 Å². The fourth-order valence-corrected chi connectivity index (χ4v) is 3.35. The second-order valence-electron chi connectivity index (χ2n) is 7.38. The van der Waals surface area contributed by atoms with E-state index in [0.717, 1.165) is 6.42 Å². The monoisotopic (exact) mass is 426 g/mol. The van der Waals surface area contributed by atoms with Gasteiger partial charge in [-0.05, 0) is 31.0 Å². The molecule has 3 aromatic rings. The van der Waals surface area contributed by atoms with E-state index in [9.17, 15) is 19.8 Å². The Labute approximate surface area is 179 Å². The van der Waals surface area contributed by atoms with Gasteiger partial charge in [0.05, 0.1) is 16.9 Å². The summed E-state index contributed by atoms with van der Waals surface area (Å²) in [6.07, 6.45) is 2.95. The molecule has 0 amide bonds. The smallest absolute Gasteiger partial charge is 0.311 e. The summed E-state index contributed by atoms with van der Waals surface area (Å²) in [4.78, 5) is 25.3. The van der Waals surface area contributed by atoms with Crippen LogP contribution in [0.2, 0.25) is 0 Å². The van der Waals surface area contributed by atoms with Crippen molar-refractivity contribution in [2.75, 3.05) is 11.5 Å². The minimum Gasteiger partial charge on any atom is -0.504 e. The number of anilines is 2. The van der Waals surface area contributed by atoms with Gasteiger partial charge in [0.25, 0.3) is 0 Å². The number of esters is 1. The molecule has 1 heterocycles. The van der Waals surface area contributed by atoms with Crippen molar-refractivity contribution in [1.82, 2.24) is 0 Å². The van der Waals surface area contributed by atoms with Crippen LogP contribution in [0.25, 0.3) is 11.0 Å². The highest BCUT2D eigenvalue weighted by atomic mass is 16.5. The summed E-state index contributed by atoms with van der Waals surface area (Å²) >= 11 is 0. The molecule has 8 heteroatoms. The van der Waals surface area contributed by atoms with Crippen molar-refractivity contribution in [1.29, 1.82) is 0 Å². The zero-order chi connectivity index (χ0) is 22.7. The third-order valence-electron chi connectivity index (χ3n) is 4.94. The van der Waals surface area contributed by atoms with Gasteiger partial charge in [0.15, 0.2) is 23.0 Å². The largest absolute Gasteiger partial charge is 0.504 e. The summed E-state index contributed by atoms with van der Waals surface area (Å²) < 4.78 is 11.1. The molecule has 0 atom stereocenters. The molecule has 3 rings (SSSR count). The van der Waals surface area contributed by atoms with Gasteiger partial charge < -0.3 is 30.8 Å². The highest BCUT2D eigenvalue weighted by molar-refractivity contribution is 6.18. The van der Waals surface area contributed by atoms with Crippen molar-refractivity contribution >= 4 is 34.1 Å². The van der Waals surface area contributed by atoms with E-state index in [4.69, 9.17) is 20.6 Å². The molecule has 0 unspecified atom stereocenters. The Morgan fingerprint density at radius 3 is 2.32 bits per heavy atom. The maximum Gasteiger partial charge on any atom is 0.311 e. The number of rotatable bonds is 8. The predicted octanol–water partition coefficient (Wildman–Crippen LogP) is 4.29. The lowest BCUT2D eigenvalue weighted by atomic mass is 9.97. The second-order valence-corrected chi connectivity index (χ2v) is 7.38. The van der Waals surface area contributed by atoms with Gasteiger partial charge in [-0.25, -0.2) is 0 Å². The van der Waals surface area contributed by atoms with Crippen LogP contribution in [0.5, 0.6) is 17.2 Å². The van der Waals surface area contributed by atoms with Crippen molar-refractivity contribution in [2.45, 2.75) is 46.0 Å². The molecule has 164 valence electrons. The maximum atomic E-state index is 13.3. The Bertz CT molecular complexity index is 1130. The Kier molecular flexibility index (Phi) is 6.39. The average Bonchev–Trinajstić information content (AvgIpc) is 3.06. The van der Waals surface area contributed by atoms with Gasteiger partial charge in [0.1, 0.15) is 11.3 Å². The number of hydrogen-bond donors (Lipinski definition) is 4. The zero-order valence-electron chi connectivity index (χ0n) is 17.5. The molecule has 0 saturated heterocycles. The fraction of sp³-hybridized carbons (Fsp3) is 0.304. The number of ether oxygens (including phenoxy) is 1. The molecule has 31 heavy (non-hydrogen) atoms. The van der Waals surface area contributed by atoms with Crippen LogP contribution in [0, 0.1) is 0 Å². The van der Waals surface area contributed by atoms with Crippen molar-refractivity contribution in [3.05, 3.63) is 41.2 Å². The molecule has 0 aliphatic rings. The number of nitrogens with two attached hydrogens (primary N) is 2. The number of carbonyl (C=O) groups is 2. The average molecular weight is 426 g/mol. The summed E-state index contributed by atoms with van der Waals surface area (Å²) in [6.45, 7) is 3.90. The molecule has 6 N–H and O–H groups in total. The zero-order valence-corrected chi connectivity index (χ0v) is 17.5. The predicted molar refractivity (Wildman–Crippen MR) is 117 cm³/mol. The van der Waals surface area contributed by atoms with Gasteiger partial charge in [-0.2, -0.15) is 0 Å². The number of unbranched alkanes of at least 4 members (excludes halogenated alkanes) is 1. The first-order valence-electron chi connectivity index (χ1n) is 10.2. The number of carbonyl (C=O) groups excluding carboxylic acids is 2. The van der Waals surface area contributed by atoms with E-state index in [1.54, 1.807) is 0 Å². The molecule has 0 bridgehead atoms. The quantitative estimate of drug-likeness (QED) is 0.137. The molecule has 2 aromatic carbocycles. The molecule has 0 aliphatic heterocycles. The highest BCUT2D eigenvalue weighted by Gasteiger charge is 2.25. The van der Waals surface area contributed by atoms with E-state index < -0.39 is 11.8 Å². The summed E-state index contributed by atoms with van der Waals surface area (Å²) in [5, 5.41) is 20.6. The summed E-state index contributed by atoms with van der Waals surface area (Å²) in [5.74, 6) is -1.02. The minimum absolute atomic E-state index is 0.0164. The third-order valence-corrected chi connectivity index (χ3v) is 4.94. The SMILES string of the molecule is CCCCC(=O)Oc1cc2oc(CCC)c(C(=O)c3cc(N)c(O)c(N)c3)c2cc1O. The van der Waals surface area contributed by atoms with E-state index in [1.807, 2.05) is 13.8 Å². The van der Waals surface area contributed by atoms with Crippen molar-refractivity contribution in [3.8, 4) is 17.2 Å². The minimum atomic E-state index is -0.455. The van der Waals surface area contributed by atoms with Crippen molar-refractivity contribution < 1.29 is 29.0 Å². The number of aryl methyl sites for hydroxylation is 1. The first-order chi connectivity index (χ1) is 14.8. The number of benzene rings is 2. The van der Waals surface area contributed by atoms with Gasteiger partial charge in [-0.15, -0.1) is 0 Å². The van der Waals surface area contributed by atoms with Crippen LogP contribution in [0.4, 0.5) is 11.4 Å². The van der Waals surface area contributed by atoms with Crippen LogP contribution >= 0.6 is 0 Å². The number of furan rings is 1. The van der Waals surface area contributed by atoms with Gasteiger partial charge in [-0.3, -0.25) is 9.59 Å². The van der Waals surface area contributed by atoms with E-state index in [1.165, 1.54) is 24.3 Å². The molecule has 0 saturated carbocycles. The Morgan fingerprint density at radius 1 is 1.03 bits per heavy atom. The normalized spacial score (nSPS) is 11.0. The fourth-order valence-electron chi connectivity index (χ4n) is 3.35. The Morgan fingerprint density at radius 2 is 1.71 bits per heavy atom. The van der Waals surface area contributed by atoms with Crippen LogP contribution in [0.15, 0.2) is 28.7 Å². The molecular weight excluding hydrogens is 400 g/mol. The molecule has 1 aromatic heterocycles. The third kappa shape index (κ3) is 4.42. The first-order valence-corrected chi connectivity index (χ1v) is 10.2. The van der Waals surface area contributed by atoms with E-state index >= 15 is 0 Å². The maximum absolute atomic E-state index is 13.3. The lowest BCUT2D eigenvalue weighted by Crippen LogP contribution is -2.07. The lowest BCUT2D eigenvalue weighted by molar-refractivity contribution is -0.134. The Hall–Kier alpha value is -3.68. The summed E-state index contributed by atoms with van der Waals surface area (Å²) in [6, 6.07) is 5.43. The number of fused-ring (bicyclic) bond motifs is 1. The van der Waals surface area contributed by atoms with E-state index in [2.05, 4.69) is 0 Å². The standard InChI is InChI=1S/C23H26N2O6/c1-3-5-7-20(27)31-19-11-18-13(10-16(19)26)21(17(30-18)6-4-2)22(28)12-8-14(24)23(29)15(25)9-12/h8-11,26,29H,3-7,24-25H2,1-2H3. The van der Waals surface area contributed by atoms with Crippen LogP contribution < -0.4 is 16.2 Å². The Balaban J connectivity index is 2.08. The topological polar surface area (TPSA) is 149 Å². The molecule has 0 spiro atoms. The van der Waals surface area contributed by atoms with Crippen molar-refractivity contribution in [2.24, 2.45) is 0 Å². The van der Waals surface area contributed by atoms with Gasteiger partial charge in [0, 0.05) is 29.9 Å². The van der Waals surface area contributed by atoms with Gasteiger partial charge in [0.2, 0.25) is 0 Å². The summed E-state index contributed by atoms with van der Waals surface area (Å²) in [7, 11) is 0. The van der Waals surface area contributed by atoms with Gasteiger partial charge >= 0.3 is 5.97 Å². The number of aromatic hydroxyl groups is 2. The molecular formula is C23H26N2O6. The van der Waals surface area contributed by atoms with Crippen molar-refractivity contribution in [3.63, 3.8) is 0 Å². The summed E-state index contributed by atoms with van der Waals surface area (Å²) in [5.41, 5.74) is 12.2. The number of hydrogen-bond acceptors (Lipinski definition) is 8. The van der Waals surface area contributed by atoms with Gasteiger partial charge in [-0.1, -0.05) is 20.3 Å². The molecule has 0 aliphatic carbocycles. The number of phenolic OH excluding ortho intramolecular Hbond substituents is 2. The van der Waals surface area contributed by atoms with Crippen LogP contribution in [-0.2, 0) is 11.2 Å². The molecule has 8 nitrogen and oxygen atoms in total.